The molecule has 0 spiro atoms. The number of amides is 1. The number of carbonyl (C=O) groups excluding carboxylic acids is 1. The van der Waals surface area contributed by atoms with Gasteiger partial charge in [0, 0.05) is 57.3 Å². The zero-order chi connectivity index (χ0) is 32.2. The highest BCUT2D eigenvalue weighted by Crippen LogP contribution is 2.34. The van der Waals surface area contributed by atoms with Crippen LogP contribution in [0.4, 0.5) is 0 Å². The van der Waals surface area contributed by atoms with E-state index in [2.05, 4.69) is 17.0 Å². The third-order valence-electron chi connectivity index (χ3n) is 7.81. The van der Waals surface area contributed by atoms with E-state index in [0.29, 0.717) is 61.2 Å². The number of halogens is 2. The summed E-state index contributed by atoms with van der Waals surface area (Å²) in [5, 5.41) is 0.971. The summed E-state index contributed by atoms with van der Waals surface area (Å²) in [5.41, 5.74) is 5.34. The van der Waals surface area contributed by atoms with Crippen LogP contribution in [0.3, 0.4) is 0 Å². The highest BCUT2D eigenvalue weighted by molar-refractivity contribution is 6.37. The van der Waals surface area contributed by atoms with E-state index in [0.717, 1.165) is 72.4 Å². The van der Waals surface area contributed by atoms with Gasteiger partial charge in [-0.15, -0.1) is 0 Å². The Morgan fingerprint density at radius 1 is 0.867 bits per heavy atom. The van der Waals surface area contributed by atoms with Crippen molar-refractivity contribution in [3.05, 3.63) is 86.7 Å². The van der Waals surface area contributed by atoms with Gasteiger partial charge in [-0.1, -0.05) is 42.3 Å². The van der Waals surface area contributed by atoms with E-state index in [4.69, 9.17) is 47.1 Å². The topological polar surface area (TPSA) is 70.1 Å². The lowest BCUT2D eigenvalue weighted by Gasteiger charge is -2.26. The summed E-state index contributed by atoms with van der Waals surface area (Å²) in [5.74, 6) is 1.26. The first-order valence-corrected chi connectivity index (χ1v) is 16.6. The van der Waals surface area contributed by atoms with E-state index >= 15 is 0 Å². The van der Waals surface area contributed by atoms with Gasteiger partial charge in [0.1, 0.15) is 19.0 Å². The number of rotatable bonds is 19. The largest absolute Gasteiger partial charge is 0.490 e. The molecule has 1 saturated carbocycles. The van der Waals surface area contributed by atoms with Gasteiger partial charge in [0.15, 0.2) is 5.75 Å². The van der Waals surface area contributed by atoms with Crippen molar-refractivity contribution in [3.8, 4) is 11.5 Å². The number of pyridine rings is 1. The highest BCUT2D eigenvalue weighted by Gasteiger charge is 2.34. The zero-order valence-electron chi connectivity index (χ0n) is 27.0. The first kappa shape index (κ1) is 35.0. The molecule has 1 unspecified atom stereocenters. The van der Waals surface area contributed by atoms with Crippen LogP contribution in [-0.2, 0) is 40.1 Å². The Kier molecular flexibility index (Phi) is 13.8. The summed E-state index contributed by atoms with van der Waals surface area (Å²) in [6.45, 7) is 6.64. The molecule has 1 aromatic heterocycles. The Bertz CT molecular complexity index is 1330. The SMILES string of the molecule is COCCCc1cc(CN(C(=O)C(C)Cc2ccc(OCCOc3c(Cl)cc(C)cc3Cl)cc2)C2CC2)cc(CCCOC)n1. The van der Waals surface area contributed by atoms with Crippen molar-refractivity contribution in [1.82, 2.24) is 9.88 Å². The first-order chi connectivity index (χ1) is 21.8. The Labute approximate surface area is 278 Å². The lowest BCUT2D eigenvalue weighted by molar-refractivity contribution is -0.136. The van der Waals surface area contributed by atoms with Crippen LogP contribution in [0, 0.1) is 12.8 Å². The van der Waals surface area contributed by atoms with E-state index in [1.165, 1.54) is 0 Å². The van der Waals surface area contributed by atoms with Crippen molar-refractivity contribution in [2.24, 2.45) is 5.92 Å². The van der Waals surface area contributed by atoms with Gasteiger partial charge in [-0.2, -0.15) is 0 Å². The Hall–Kier alpha value is -2.84. The molecular weight excluding hydrogens is 611 g/mol. The molecule has 4 rings (SSSR count). The highest BCUT2D eigenvalue weighted by atomic mass is 35.5. The second-order valence-corrected chi connectivity index (χ2v) is 12.7. The molecule has 0 N–H and O–H groups in total. The number of hydrogen-bond donors (Lipinski definition) is 0. The van der Waals surface area contributed by atoms with Crippen LogP contribution >= 0.6 is 23.2 Å². The number of ether oxygens (including phenoxy) is 4. The molecule has 1 aliphatic rings. The maximum atomic E-state index is 13.8. The standard InChI is InChI=1S/C36H46Cl2N2O5/c1-25-19-33(37)35(34(38)20-25)45-18-17-44-32-13-9-27(10-14-32)21-26(2)36(41)40(31-11-12-31)24-28-22-29(7-5-15-42-3)39-30(23-28)8-6-16-43-4/h9-10,13-14,19-20,22-23,26,31H,5-8,11-12,15-18,21,24H2,1-4H3. The number of nitrogens with zero attached hydrogens (tertiary/aromatic N) is 2. The van der Waals surface area contributed by atoms with Gasteiger partial charge in [-0.25, -0.2) is 0 Å². The van der Waals surface area contributed by atoms with Gasteiger partial charge in [0.05, 0.1) is 10.0 Å². The quantitative estimate of drug-likeness (QED) is 0.123. The van der Waals surface area contributed by atoms with Crippen molar-refractivity contribution < 1.29 is 23.7 Å². The average molecular weight is 658 g/mol. The predicted molar refractivity (Wildman–Crippen MR) is 180 cm³/mol. The number of aryl methyl sites for hydroxylation is 3. The molecule has 0 aliphatic heterocycles. The fourth-order valence-electron chi connectivity index (χ4n) is 5.40. The summed E-state index contributed by atoms with van der Waals surface area (Å²) in [6, 6.07) is 16.2. The Morgan fingerprint density at radius 3 is 2.00 bits per heavy atom. The van der Waals surface area contributed by atoms with Crippen LogP contribution in [0.25, 0.3) is 0 Å². The minimum Gasteiger partial charge on any atom is -0.490 e. The van der Waals surface area contributed by atoms with Crippen molar-refractivity contribution in [2.75, 3.05) is 40.6 Å². The molecule has 1 heterocycles. The van der Waals surface area contributed by atoms with E-state index in [1.807, 2.05) is 50.2 Å². The van der Waals surface area contributed by atoms with Crippen LogP contribution in [0.2, 0.25) is 10.0 Å². The number of methoxy groups -OCH3 is 2. The molecule has 3 aromatic rings. The molecule has 244 valence electrons. The molecule has 1 aliphatic carbocycles. The second-order valence-electron chi connectivity index (χ2n) is 11.9. The molecule has 0 bridgehead atoms. The fourth-order valence-corrected chi connectivity index (χ4v) is 6.11. The Balaban J connectivity index is 1.32. The van der Waals surface area contributed by atoms with Crippen molar-refractivity contribution in [3.63, 3.8) is 0 Å². The lowest BCUT2D eigenvalue weighted by atomic mass is 9.99. The summed E-state index contributed by atoms with van der Waals surface area (Å²) >= 11 is 12.5. The van der Waals surface area contributed by atoms with Crippen molar-refractivity contribution in [2.45, 2.75) is 71.4 Å². The van der Waals surface area contributed by atoms with Crippen molar-refractivity contribution >= 4 is 29.1 Å². The minimum absolute atomic E-state index is 0.140. The fraction of sp³-hybridized carbons (Fsp3) is 0.500. The Morgan fingerprint density at radius 2 is 1.44 bits per heavy atom. The molecule has 2 aromatic carbocycles. The third kappa shape index (κ3) is 11.2. The number of benzene rings is 2. The monoisotopic (exact) mass is 656 g/mol. The molecule has 0 saturated heterocycles. The van der Waals surface area contributed by atoms with Gasteiger partial charge in [0.25, 0.3) is 0 Å². The zero-order valence-corrected chi connectivity index (χ0v) is 28.5. The van der Waals surface area contributed by atoms with Gasteiger partial charge in [-0.05, 0) is 105 Å². The smallest absolute Gasteiger partial charge is 0.226 e. The molecule has 0 radical (unpaired) electrons. The molecule has 7 nitrogen and oxygen atoms in total. The van der Waals surface area contributed by atoms with Gasteiger partial charge >= 0.3 is 0 Å². The molecule has 9 heteroatoms. The summed E-state index contributed by atoms with van der Waals surface area (Å²) < 4.78 is 22.1. The maximum Gasteiger partial charge on any atom is 0.226 e. The van der Waals surface area contributed by atoms with E-state index in [1.54, 1.807) is 14.2 Å². The van der Waals surface area contributed by atoms with Gasteiger partial charge < -0.3 is 23.8 Å². The third-order valence-corrected chi connectivity index (χ3v) is 8.37. The summed E-state index contributed by atoms with van der Waals surface area (Å²) in [6.07, 6.45) is 6.33. The van der Waals surface area contributed by atoms with Crippen LogP contribution in [0.1, 0.15) is 60.7 Å². The number of aromatic nitrogens is 1. The summed E-state index contributed by atoms with van der Waals surface area (Å²) in [7, 11) is 3.45. The number of hydrogen-bond acceptors (Lipinski definition) is 6. The predicted octanol–water partition coefficient (Wildman–Crippen LogP) is 7.68. The first-order valence-electron chi connectivity index (χ1n) is 15.8. The van der Waals surface area contributed by atoms with E-state index in [-0.39, 0.29) is 11.8 Å². The van der Waals surface area contributed by atoms with Gasteiger partial charge in [-0.3, -0.25) is 9.78 Å². The molecule has 1 amide bonds. The van der Waals surface area contributed by atoms with Crippen molar-refractivity contribution in [1.29, 1.82) is 0 Å². The molecule has 1 fully saturated rings. The lowest BCUT2D eigenvalue weighted by Crippen LogP contribution is -2.37. The average Bonchev–Trinajstić information content (AvgIpc) is 3.85. The maximum absolute atomic E-state index is 13.8. The van der Waals surface area contributed by atoms with E-state index < -0.39 is 0 Å². The second kappa shape index (κ2) is 17.7. The van der Waals surface area contributed by atoms with Crippen LogP contribution in [-0.4, -0.2) is 62.5 Å². The van der Waals surface area contributed by atoms with E-state index in [9.17, 15) is 4.79 Å². The normalized spacial score (nSPS) is 13.5. The summed E-state index contributed by atoms with van der Waals surface area (Å²) in [4.78, 5) is 20.7. The minimum atomic E-state index is -0.140. The van der Waals surface area contributed by atoms with Gasteiger partial charge in [0.2, 0.25) is 5.91 Å². The van der Waals surface area contributed by atoms with Crippen LogP contribution in [0.15, 0.2) is 48.5 Å². The molecular formula is C36H46Cl2N2O5. The molecule has 45 heavy (non-hydrogen) atoms. The molecule has 1 atom stereocenters. The van der Waals surface area contributed by atoms with Crippen LogP contribution < -0.4 is 9.47 Å². The van der Waals surface area contributed by atoms with Crippen LogP contribution in [0.5, 0.6) is 11.5 Å². The number of carbonyl (C=O) groups is 1.